The van der Waals surface area contributed by atoms with Gasteiger partial charge in [-0.25, -0.2) is 9.59 Å². The van der Waals surface area contributed by atoms with E-state index >= 15 is 0 Å². The van der Waals surface area contributed by atoms with E-state index in [1.54, 1.807) is 37.3 Å². The number of carbonyl (C=O) groups is 2. The highest BCUT2D eigenvalue weighted by molar-refractivity contribution is 5.93. The second kappa shape index (κ2) is 6.16. The van der Waals surface area contributed by atoms with Gasteiger partial charge >= 0.3 is 11.9 Å². The Morgan fingerprint density at radius 1 is 1.08 bits per heavy atom. The minimum absolute atomic E-state index is 0.0605. The molecular weight excluding hydrogens is 314 g/mol. The smallest absolute Gasteiger partial charge is 0.355 e. The second-order valence-corrected chi connectivity index (χ2v) is 5.81. The van der Waals surface area contributed by atoms with Crippen LogP contribution in [-0.2, 0) is 16.1 Å². The Bertz CT molecular complexity index is 686. The van der Waals surface area contributed by atoms with Gasteiger partial charge in [-0.05, 0) is 18.4 Å². The van der Waals surface area contributed by atoms with Crippen molar-refractivity contribution in [1.82, 2.24) is 4.90 Å². The van der Waals surface area contributed by atoms with Gasteiger partial charge in [0, 0.05) is 6.54 Å². The van der Waals surface area contributed by atoms with Crippen LogP contribution >= 0.6 is 0 Å². The molecule has 4 N–H and O–H groups in total. The van der Waals surface area contributed by atoms with Crippen molar-refractivity contribution in [2.75, 3.05) is 0 Å². The van der Waals surface area contributed by atoms with E-state index < -0.39 is 34.5 Å². The Morgan fingerprint density at radius 3 is 2.08 bits per heavy atom. The Kier molecular flexibility index (Phi) is 4.57. The number of hydrogen-bond acceptors (Lipinski definition) is 5. The normalized spacial score (nSPS) is 26.7. The standard InChI is InChI=1S/C17H21NO6/c1-3-16(15(22)23)17(24,4-2)13(19)12(14(20)21)18(16)10-11-8-6-5-7-9-11/h5-9,19,24H,3-4,10H2,1-2H3,(H,20,21)(H,22,23). The largest absolute Gasteiger partial charge is 0.507 e. The number of carboxylic acids is 2. The molecule has 0 spiro atoms. The molecule has 0 amide bonds. The molecule has 7 nitrogen and oxygen atoms in total. The maximum Gasteiger partial charge on any atom is 0.355 e. The summed E-state index contributed by atoms with van der Waals surface area (Å²) in [6, 6.07) is 8.72. The lowest BCUT2D eigenvalue weighted by Crippen LogP contribution is -2.64. The van der Waals surface area contributed by atoms with Crippen LogP contribution < -0.4 is 0 Å². The van der Waals surface area contributed by atoms with Gasteiger partial charge in [-0.15, -0.1) is 0 Å². The molecular formula is C17H21NO6. The number of aliphatic hydroxyl groups excluding tert-OH is 1. The average molecular weight is 335 g/mol. The van der Waals surface area contributed by atoms with E-state index in [4.69, 9.17) is 0 Å². The van der Waals surface area contributed by atoms with E-state index in [9.17, 15) is 30.0 Å². The van der Waals surface area contributed by atoms with Gasteiger partial charge in [-0.2, -0.15) is 0 Å². The third kappa shape index (κ3) is 2.24. The molecule has 0 aliphatic carbocycles. The number of carboxylic acid groups (broad SMARTS) is 2. The van der Waals surface area contributed by atoms with Crippen LogP contribution in [0.2, 0.25) is 0 Å². The highest BCUT2D eigenvalue weighted by Gasteiger charge is 2.67. The van der Waals surface area contributed by atoms with Crippen molar-refractivity contribution in [3.8, 4) is 0 Å². The fourth-order valence-corrected chi connectivity index (χ4v) is 3.52. The maximum atomic E-state index is 12.1. The number of aliphatic hydroxyl groups is 2. The molecule has 1 aromatic rings. The zero-order valence-electron chi connectivity index (χ0n) is 13.6. The predicted molar refractivity (Wildman–Crippen MR) is 85.2 cm³/mol. The van der Waals surface area contributed by atoms with Crippen molar-refractivity contribution in [2.45, 2.75) is 44.4 Å². The Hall–Kier alpha value is -2.54. The summed E-state index contributed by atoms with van der Waals surface area (Å²) >= 11 is 0. The van der Waals surface area contributed by atoms with E-state index in [0.717, 1.165) is 4.90 Å². The van der Waals surface area contributed by atoms with Crippen LogP contribution in [0.1, 0.15) is 32.3 Å². The predicted octanol–water partition coefficient (Wildman–Crippen LogP) is 1.73. The van der Waals surface area contributed by atoms with Crippen molar-refractivity contribution < 1.29 is 30.0 Å². The lowest BCUT2D eigenvalue weighted by Gasteiger charge is -2.44. The molecule has 1 heterocycles. The minimum atomic E-state index is -2.18. The molecule has 2 unspecified atom stereocenters. The van der Waals surface area contributed by atoms with Gasteiger partial charge in [0.2, 0.25) is 0 Å². The molecule has 2 rings (SSSR count). The van der Waals surface area contributed by atoms with E-state index in [1.807, 2.05) is 0 Å². The van der Waals surface area contributed by atoms with Crippen LogP contribution in [0.25, 0.3) is 0 Å². The van der Waals surface area contributed by atoms with Crippen LogP contribution in [0, 0.1) is 0 Å². The van der Waals surface area contributed by atoms with E-state index in [-0.39, 0.29) is 19.4 Å². The topological polar surface area (TPSA) is 118 Å². The summed E-state index contributed by atoms with van der Waals surface area (Å²) in [7, 11) is 0. The van der Waals surface area contributed by atoms with Crippen molar-refractivity contribution in [3.63, 3.8) is 0 Å². The molecule has 24 heavy (non-hydrogen) atoms. The van der Waals surface area contributed by atoms with Crippen LogP contribution in [0.4, 0.5) is 0 Å². The van der Waals surface area contributed by atoms with E-state index in [0.29, 0.717) is 5.56 Å². The van der Waals surface area contributed by atoms with Crippen molar-refractivity contribution in [1.29, 1.82) is 0 Å². The van der Waals surface area contributed by atoms with Gasteiger partial charge in [0.15, 0.2) is 22.6 Å². The molecule has 0 saturated heterocycles. The van der Waals surface area contributed by atoms with Gasteiger partial charge in [-0.3, -0.25) is 0 Å². The van der Waals surface area contributed by atoms with Crippen LogP contribution in [-0.4, -0.2) is 48.4 Å². The summed E-state index contributed by atoms with van der Waals surface area (Å²) in [6.07, 6.45) is -0.221. The van der Waals surface area contributed by atoms with Crippen molar-refractivity contribution in [2.24, 2.45) is 0 Å². The lowest BCUT2D eigenvalue weighted by molar-refractivity contribution is -0.167. The molecule has 0 radical (unpaired) electrons. The monoisotopic (exact) mass is 335 g/mol. The molecule has 0 fully saturated rings. The lowest BCUT2D eigenvalue weighted by atomic mass is 9.75. The Balaban J connectivity index is 2.69. The molecule has 0 bridgehead atoms. The highest BCUT2D eigenvalue weighted by Crippen LogP contribution is 2.49. The molecule has 1 aliphatic rings. The molecule has 1 aliphatic heterocycles. The van der Waals surface area contributed by atoms with Gasteiger partial charge in [0.1, 0.15) is 0 Å². The van der Waals surface area contributed by atoms with Crippen LogP contribution in [0.3, 0.4) is 0 Å². The third-order valence-corrected chi connectivity index (χ3v) is 4.79. The van der Waals surface area contributed by atoms with Gasteiger partial charge < -0.3 is 25.3 Å². The quantitative estimate of drug-likeness (QED) is 0.625. The fourth-order valence-electron chi connectivity index (χ4n) is 3.52. The number of hydrogen-bond donors (Lipinski definition) is 4. The Labute approximate surface area is 139 Å². The summed E-state index contributed by atoms with van der Waals surface area (Å²) in [4.78, 5) is 24.9. The first-order valence-electron chi connectivity index (χ1n) is 7.70. The summed E-state index contributed by atoms with van der Waals surface area (Å²) in [5.41, 5.74) is -4.05. The molecule has 1 aromatic carbocycles. The minimum Gasteiger partial charge on any atom is -0.507 e. The molecule has 130 valence electrons. The SMILES string of the molecule is CCC1(O)C(O)=C(C(=O)O)N(Cc2ccccc2)C1(CC)C(=O)O. The fraction of sp³-hybridized carbons (Fsp3) is 0.412. The summed E-state index contributed by atoms with van der Waals surface area (Å²) in [5, 5.41) is 40.7. The average Bonchev–Trinajstić information content (AvgIpc) is 2.74. The summed E-state index contributed by atoms with van der Waals surface area (Å²) in [6.45, 7) is 2.99. The Morgan fingerprint density at radius 2 is 1.67 bits per heavy atom. The van der Waals surface area contributed by atoms with E-state index in [2.05, 4.69) is 0 Å². The number of rotatable bonds is 6. The summed E-state index contributed by atoms with van der Waals surface area (Å²) < 4.78 is 0. The van der Waals surface area contributed by atoms with Crippen molar-refractivity contribution in [3.05, 3.63) is 47.4 Å². The molecule has 0 saturated carbocycles. The molecule has 2 atom stereocenters. The zero-order valence-corrected chi connectivity index (χ0v) is 13.6. The first-order valence-corrected chi connectivity index (χ1v) is 7.70. The molecule has 0 aromatic heterocycles. The number of benzene rings is 1. The second-order valence-electron chi connectivity index (χ2n) is 5.81. The summed E-state index contributed by atoms with van der Waals surface area (Å²) in [5.74, 6) is -3.67. The van der Waals surface area contributed by atoms with Crippen LogP contribution in [0.5, 0.6) is 0 Å². The highest BCUT2D eigenvalue weighted by atomic mass is 16.4. The van der Waals surface area contributed by atoms with E-state index in [1.165, 1.54) is 6.92 Å². The number of nitrogens with zero attached hydrogens (tertiary/aromatic N) is 1. The first-order chi connectivity index (χ1) is 11.3. The van der Waals surface area contributed by atoms with Gasteiger partial charge in [0.25, 0.3) is 0 Å². The van der Waals surface area contributed by atoms with Crippen LogP contribution in [0.15, 0.2) is 41.8 Å². The first kappa shape index (κ1) is 17.8. The maximum absolute atomic E-state index is 12.1. The third-order valence-electron chi connectivity index (χ3n) is 4.79. The van der Waals surface area contributed by atoms with Gasteiger partial charge in [-0.1, -0.05) is 44.2 Å². The zero-order chi connectivity index (χ0) is 18.1. The molecule has 7 heteroatoms. The van der Waals surface area contributed by atoms with Gasteiger partial charge in [0.05, 0.1) is 0 Å². The van der Waals surface area contributed by atoms with Crippen molar-refractivity contribution >= 4 is 11.9 Å². The number of aliphatic carboxylic acids is 2.